The zero-order valence-electron chi connectivity index (χ0n) is 23.0. The number of ketones is 1. The second-order valence-corrected chi connectivity index (χ2v) is 13.3. The third kappa shape index (κ3) is 4.42. The zero-order valence-corrected chi connectivity index (χ0v) is 23.8. The molecule has 0 aromatic heterocycles. The fourth-order valence-electron chi connectivity index (χ4n) is 7.97. The maximum Gasteiger partial charge on any atom is 0.360 e. The SMILES string of the molecule is O=C1CCC2(O)C3Cc4ccc(OS(=O)OCCCCCCc5ccccc5)c5c4C2(CCN3CC2CC2)C1O5. The second kappa shape index (κ2) is 10.5. The molecule has 2 heterocycles. The summed E-state index contributed by atoms with van der Waals surface area (Å²) in [4.78, 5) is 15.7. The number of likely N-dealkylation sites (tertiary alicyclic amines) is 1. The average Bonchev–Trinajstić information content (AvgIpc) is 3.70. The van der Waals surface area contributed by atoms with Crippen molar-refractivity contribution in [2.45, 2.75) is 93.8 Å². The average molecular weight is 566 g/mol. The van der Waals surface area contributed by atoms with Crippen molar-refractivity contribution >= 4 is 17.1 Å². The number of unbranched alkanes of at least 4 members (excludes halogenated alkanes) is 3. The van der Waals surface area contributed by atoms with Gasteiger partial charge >= 0.3 is 11.4 Å². The van der Waals surface area contributed by atoms with E-state index in [9.17, 15) is 14.1 Å². The lowest BCUT2D eigenvalue weighted by Gasteiger charge is -2.62. The first kappa shape index (κ1) is 26.6. The van der Waals surface area contributed by atoms with E-state index in [1.54, 1.807) is 6.07 Å². The van der Waals surface area contributed by atoms with Crippen molar-refractivity contribution in [1.82, 2.24) is 4.90 Å². The molecule has 5 aliphatic rings. The van der Waals surface area contributed by atoms with Gasteiger partial charge in [-0.15, -0.1) is 0 Å². The smallest absolute Gasteiger partial charge is 0.360 e. The maximum atomic E-state index is 13.2. The minimum Gasteiger partial charge on any atom is -0.477 e. The van der Waals surface area contributed by atoms with E-state index in [-0.39, 0.29) is 11.8 Å². The highest BCUT2D eigenvalue weighted by Crippen LogP contribution is 2.65. The molecular formula is C32H39NO6S. The molecule has 2 aromatic carbocycles. The normalized spacial score (nSPS) is 31.0. The molecule has 2 aromatic rings. The Hall–Kier alpha value is -2.26. The Kier molecular flexibility index (Phi) is 7.01. The third-order valence-corrected chi connectivity index (χ3v) is 10.8. The fraction of sp³-hybridized carbons (Fsp3) is 0.594. The molecule has 2 bridgehead atoms. The lowest BCUT2D eigenvalue weighted by Crippen LogP contribution is -2.76. The predicted octanol–water partition coefficient (Wildman–Crippen LogP) is 4.60. The number of hydrogen-bond donors (Lipinski definition) is 1. The van der Waals surface area contributed by atoms with Crippen LogP contribution in [0.3, 0.4) is 0 Å². The standard InChI is InChI=1S/C32H39NO6S/c34-25-15-16-32(35)27-20-24-13-14-26(39-40(36)37-19-7-2-1-4-8-22-9-5-3-6-10-22)29-28(24)31(32,30(25)38-29)17-18-33(27)21-23-11-12-23/h3,5-6,9-10,13-14,23,27,30,35H,1-2,4,7-8,11-12,15-21H2. The minimum absolute atomic E-state index is 0.0172. The summed E-state index contributed by atoms with van der Waals surface area (Å²) in [7, 11) is 0. The number of carbonyl (C=O) groups is 1. The van der Waals surface area contributed by atoms with Crippen molar-refractivity contribution in [3.05, 3.63) is 59.2 Å². The summed E-state index contributed by atoms with van der Waals surface area (Å²) in [6.07, 6.45) is 9.08. The lowest BCUT2D eigenvalue weighted by atomic mass is 9.49. The highest BCUT2D eigenvalue weighted by atomic mass is 32.2. The van der Waals surface area contributed by atoms with E-state index in [1.807, 2.05) is 12.1 Å². The highest BCUT2D eigenvalue weighted by Gasteiger charge is 2.73. The minimum atomic E-state index is -1.98. The van der Waals surface area contributed by atoms with Crippen LogP contribution in [0.4, 0.5) is 0 Å². The first-order chi connectivity index (χ1) is 19.5. The molecule has 2 saturated carbocycles. The molecular weight excluding hydrogens is 526 g/mol. The van der Waals surface area contributed by atoms with E-state index in [2.05, 4.69) is 29.2 Å². The van der Waals surface area contributed by atoms with Gasteiger partial charge in [0.25, 0.3) is 0 Å². The van der Waals surface area contributed by atoms with E-state index in [4.69, 9.17) is 13.1 Å². The van der Waals surface area contributed by atoms with E-state index in [0.717, 1.165) is 68.7 Å². The Bertz CT molecular complexity index is 1300. The molecule has 1 N–H and O–H groups in total. The summed E-state index contributed by atoms with van der Waals surface area (Å²) in [5.41, 5.74) is 1.58. The van der Waals surface area contributed by atoms with Crippen LogP contribution < -0.4 is 8.92 Å². The Labute approximate surface area is 239 Å². The zero-order chi connectivity index (χ0) is 27.3. The largest absolute Gasteiger partial charge is 0.477 e. The molecule has 8 heteroatoms. The predicted molar refractivity (Wildman–Crippen MR) is 151 cm³/mol. The highest BCUT2D eigenvalue weighted by molar-refractivity contribution is 7.75. The summed E-state index contributed by atoms with van der Waals surface area (Å²) in [6, 6.07) is 14.3. The van der Waals surface area contributed by atoms with Crippen molar-refractivity contribution < 1.29 is 27.2 Å². The molecule has 214 valence electrons. The van der Waals surface area contributed by atoms with Crippen LogP contribution in [0.1, 0.15) is 74.5 Å². The van der Waals surface area contributed by atoms with Crippen LogP contribution in [0, 0.1) is 5.92 Å². The molecule has 7 rings (SSSR count). The number of ether oxygens (including phenoxy) is 1. The first-order valence-electron chi connectivity index (χ1n) is 15.1. The van der Waals surface area contributed by atoms with Crippen molar-refractivity contribution in [2.75, 3.05) is 19.7 Å². The Balaban J connectivity index is 1.02. The first-order valence-corrected chi connectivity index (χ1v) is 16.1. The molecule has 0 amide bonds. The van der Waals surface area contributed by atoms with Gasteiger partial charge in [-0.2, -0.15) is 4.21 Å². The number of aliphatic hydroxyl groups is 1. The van der Waals surface area contributed by atoms with Gasteiger partial charge in [0.05, 0.1) is 17.6 Å². The summed E-state index contributed by atoms with van der Waals surface area (Å²) < 4.78 is 30.4. The van der Waals surface area contributed by atoms with Crippen LogP contribution in [0.15, 0.2) is 42.5 Å². The maximum absolute atomic E-state index is 13.2. The van der Waals surface area contributed by atoms with E-state index in [1.165, 1.54) is 18.4 Å². The van der Waals surface area contributed by atoms with Gasteiger partial charge in [-0.05, 0) is 81.0 Å². The number of benzene rings is 2. The quantitative estimate of drug-likeness (QED) is 0.377. The second-order valence-electron chi connectivity index (χ2n) is 12.5. The molecule has 2 aliphatic heterocycles. The van der Waals surface area contributed by atoms with Gasteiger partial charge < -0.3 is 14.0 Å². The van der Waals surface area contributed by atoms with E-state index >= 15 is 0 Å². The van der Waals surface area contributed by atoms with Gasteiger partial charge in [0.2, 0.25) is 0 Å². The van der Waals surface area contributed by atoms with Gasteiger partial charge in [-0.1, -0.05) is 49.2 Å². The van der Waals surface area contributed by atoms with Crippen LogP contribution in [0.5, 0.6) is 11.5 Å². The van der Waals surface area contributed by atoms with Gasteiger partial charge in [-0.3, -0.25) is 13.9 Å². The summed E-state index contributed by atoms with van der Waals surface area (Å²) in [5.74, 6) is 1.58. The molecule has 1 saturated heterocycles. The van der Waals surface area contributed by atoms with Crippen molar-refractivity contribution in [3.8, 4) is 11.5 Å². The van der Waals surface area contributed by atoms with Gasteiger partial charge in [0.15, 0.2) is 23.4 Å². The molecule has 0 radical (unpaired) electrons. The Morgan fingerprint density at radius 3 is 2.70 bits per heavy atom. The molecule has 7 nitrogen and oxygen atoms in total. The monoisotopic (exact) mass is 565 g/mol. The molecule has 3 aliphatic carbocycles. The number of hydrogen-bond acceptors (Lipinski definition) is 7. The van der Waals surface area contributed by atoms with Gasteiger partial charge in [0.1, 0.15) is 0 Å². The molecule has 3 fully saturated rings. The number of carbonyl (C=O) groups excluding carboxylic acids is 1. The van der Waals surface area contributed by atoms with Crippen LogP contribution >= 0.6 is 0 Å². The lowest BCUT2D eigenvalue weighted by molar-refractivity contribution is -0.188. The molecule has 1 spiro atoms. The van der Waals surface area contributed by atoms with Crippen LogP contribution in [0.25, 0.3) is 0 Å². The van der Waals surface area contributed by atoms with Crippen molar-refractivity contribution in [3.63, 3.8) is 0 Å². The van der Waals surface area contributed by atoms with Crippen molar-refractivity contribution in [1.29, 1.82) is 0 Å². The molecule has 5 atom stereocenters. The van der Waals surface area contributed by atoms with E-state index in [0.29, 0.717) is 37.4 Å². The fourth-order valence-corrected chi connectivity index (χ4v) is 8.55. The van der Waals surface area contributed by atoms with Crippen molar-refractivity contribution in [2.24, 2.45) is 5.92 Å². The van der Waals surface area contributed by atoms with Crippen LogP contribution in [0.2, 0.25) is 0 Å². The third-order valence-electron chi connectivity index (χ3n) is 10.1. The summed E-state index contributed by atoms with van der Waals surface area (Å²) >= 11 is -1.98. The summed E-state index contributed by atoms with van der Waals surface area (Å²) in [6.45, 7) is 2.22. The van der Waals surface area contributed by atoms with E-state index < -0.39 is 28.5 Å². The Morgan fingerprint density at radius 1 is 1.05 bits per heavy atom. The summed E-state index contributed by atoms with van der Waals surface area (Å²) in [5, 5.41) is 12.4. The Morgan fingerprint density at radius 2 is 1.88 bits per heavy atom. The number of piperidine rings is 1. The van der Waals surface area contributed by atoms with Crippen LogP contribution in [-0.2, 0) is 38.6 Å². The topological polar surface area (TPSA) is 85.3 Å². The number of nitrogens with zero attached hydrogens (tertiary/aromatic N) is 1. The van der Waals surface area contributed by atoms with Gasteiger partial charge in [0, 0.05) is 24.6 Å². The van der Waals surface area contributed by atoms with Gasteiger partial charge in [-0.25, -0.2) is 0 Å². The number of Topliss-reactive ketones (excluding diaryl/α,β-unsaturated/α-hetero) is 1. The number of rotatable bonds is 12. The molecule has 5 unspecified atom stereocenters. The molecule has 40 heavy (non-hydrogen) atoms. The van der Waals surface area contributed by atoms with Crippen LogP contribution in [-0.4, -0.2) is 57.4 Å². The number of aryl methyl sites for hydroxylation is 1.